The summed E-state index contributed by atoms with van der Waals surface area (Å²) in [7, 11) is 0. The molecule has 0 spiro atoms. The molecular formula is C13H17ClN2O2. The number of aromatic nitrogens is 1. The number of aliphatic hydroxyl groups excluding tert-OH is 1. The van der Waals surface area contributed by atoms with Crippen LogP contribution >= 0.6 is 11.6 Å². The molecule has 98 valence electrons. The Morgan fingerprint density at radius 3 is 3.17 bits per heavy atom. The molecule has 1 N–H and O–H groups in total. The van der Waals surface area contributed by atoms with Gasteiger partial charge in [0.25, 0.3) is 5.91 Å². The van der Waals surface area contributed by atoms with Crippen LogP contribution in [0.5, 0.6) is 0 Å². The summed E-state index contributed by atoms with van der Waals surface area (Å²) in [6.45, 7) is 0.937. The molecule has 18 heavy (non-hydrogen) atoms. The maximum Gasteiger partial charge on any atom is 0.257 e. The quantitative estimate of drug-likeness (QED) is 0.910. The van der Waals surface area contributed by atoms with Gasteiger partial charge < -0.3 is 10.0 Å². The molecular weight excluding hydrogens is 252 g/mol. The number of hydrogen-bond donors (Lipinski definition) is 1. The van der Waals surface area contributed by atoms with Gasteiger partial charge in [-0.05, 0) is 31.7 Å². The first kappa shape index (κ1) is 13.3. The summed E-state index contributed by atoms with van der Waals surface area (Å²) in [6, 6.07) is 1.86. The number of pyridine rings is 1. The molecule has 1 aliphatic heterocycles. The molecule has 1 aliphatic rings. The van der Waals surface area contributed by atoms with Crippen LogP contribution in [0.15, 0.2) is 18.5 Å². The van der Waals surface area contributed by atoms with Crippen LogP contribution in [0, 0.1) is 0 Å². The largest absolute Gasteiger partial charge is 0.396 e. The molecule has 2 heterocycles. The third kappa shape index (κ3) is 2.82. The molecule has 0 saturated carbocycles. The van der Waals surface area contributed by atoms with Gasteiger partial charge in [-0.15, -0.1) is 0 Å². The normalized spacial score (nSPS) is 19.2. The van der Waals surface area contributed by atoms with Crippen molar-refractivity contribution in [3.63, 3.8) is 0 Å². The molecule has 0 aliphatic carbocycles. The lowest BCUT2D eigenvalue weighted by molar-refractivity contribution is 0.0724. The highest BCUT2D eigenvalue weighted by atomic mass is 35.5. The summed E-state index contributed by atoms with van der Waals surface area (Å²) in [5, 5.41) is 9.33. The molecule has 0 radical (unpaired) electrons. The Balaban J connectivity index is 2.10. The Bertz CT molecular complexity index is 425. The number of likely N-dealkylation sites (tertiary alicyclic amines) is 1. The zero-order valence-corrected chi connectivity index (χ0v) is 10.9. The van der Waals surface area contributed by atoms with Gasteiger partial charge in [0, 0.05) is 31.6 Å². The number of halogens is 1. The molecule has 2 rings (SSSR count). The molecule has 1 aromatic rings. The van der Waals surface area contributed by atoms with Gasteiger partial charge in [0.2, 0.25) is 0 Å². The van der Waals surface area contributed by atoms with E-state index in [-0.39, 0.29) is 18.6 Å². The number of nitrogens with zero attached hydrogens (tertiary/aromatic N) is 2. The number of hydrogen-bond acceptors (Lipinski definition) is 3. The first-order chi connectivity index (χ1) is 8.74. The van der Waals surface area contributed by atoms with Crippen molar-refractivity contribution < 1.29 is 9.90 Å². The second kappa shape index (κ2) is 6.16. The van der Waals surface area contributed by atoms with Gasteiger partial charge in [0.1, 0.15) is 0 Å². The first-order valence-electron chi connectivity index (χ1n) is 6.25. The lowest BCUT2D eigenvalue weighted by atomic mass is 10.1. The smallest absolute Gasteiger partial charge is 0.257 e. The predicted molar refractivity (Wildman–Crippen MR) is 69.6 cm³/mol. The monoisotopic (exact) mass is 268 g/mol. The zero-order chi connectivity index (χ0) is 13.0. The average Bonchev–Trinajstić information content (AvgIpc) is 2.84. The second-order valence-electron chi connectivity index (χ2n) is 4.52. The van der Waals surface area contributed by atoms with E-state index in [1.165, 1.54) is 6.20 Å². The van der Waals surface area contributed by atoms with E-state index in [2.05, 4.69) is 4.98 Å². The van der Waals surface area contributed by atoms with Gasteiger partial charge in [-0.2, -0.15) is 0 Å². The highest BCUT2D eigenvalue weighted by Crippen LogP contribution is 2.25. The minimum atomic E-state index is -0.0476. The average molecular weight is 269 g/mol. The summed E-state index contributed by atoms with van der Waals surface area (Å²) in [5.74, 6) is -0.0476. The minimum absolute atomic E-state index is 0.0476. The fourth-order valence-corrected chi connectivity index (χ4v) is 2.61. The van der Waals surface area contributed by atoms with Crippen LogP contribution in [-0.2, 0) is 0 Å². The highest BCUT2D eigenvalue weighted by molar-refractivity contribution is 6.33. The van der Waals surface area contributed by atoms with Crippen molar-refractivity contribution in [2.24, 2.45) is 0 Å². The van der Waals surface area contributed by atoms with Gasteiger partial charge in [-0.1, -0.05) is 11.6 Å². The van der Waals surface area contributed by atoms with E-state index in [9.17, 15) is 4.79 Å². The Morgan fingerprint density at radius 2 is 2.44 bits per heavy atom. The van der Waals surface area contributed by atoms with E-state index in [0.29, 0.717) is 10.6 Å². The zero-order valence-electron chi connectivity index (χ0n) is 10.2. The van der Waals surface area contributed by atoms with Crippen molar-refractivity contribution in [3.8, 4) is 0 Å². The van der Waals surface area contributed by atoms with Gasteiger partial charge in [0.05, 0.1) is 10.6 Å². The van der Waals surface area contributed by atoms with Gasteiger partial charge in [-0.3, -0.25) is 9.78 Å². The van der Waals surface area contributed by atoms with E-state index in [0.717, 1.165) is 32.2 Å². The molecule has 4 nitrogen and oxygen atoms in total. The highest BCUT2D eigenvalue weighted by Gasteiger charge is 2.29. The van der Waals surface area contributed by atoms with Crippen molar-refractivity contribution in [1.82, 2.24) is 9.88 Å². The molecule has 1 atom stereocenters. The van der Waals surface area contributed by atoms with Crippen LogP contribution in [0.2, 0.25) is 5.02 Å². The Labute approximate surface area is 112 Å². The Hall–Kier alpha value is -1.13. The minimum Gasteiger partial charge on any atom is -0.396 e. The Morgan fingerprint density at radius 1 is 1.61 bits per heavy atom. The number of amides is 1. The summed E-state index contributed by atoms with van der Waals surface area (Å²) in [6.07, 6.45) is 6.69. The number of rotatable bonds is 4. The van der Waals surface area contributed by atoms with Crippen LogP contribution in [0.1, 0.15) is 36.0 Å². The van der Waals surface area contributed by atoms with Crippen LogP contribution in [0.3, 0.4) is 0 Å². The SMILES string of the molecule is O=C(c1cnccc1Cl)N1CCCC1CCCO. The summed E-state index contributed by atoms with van der Waals surface area (Å²) in [4.78, 5) is 18.2. The summed E-state index contributed by atoms with van der Waals surface area (Å²) >= 11 is 6.02. The predicted octanol–water partition coefficient (Wildman–Crippen LogP) is 2.11. The summed E-state index contributed by atoms with van der Waals surface area (Å²) < 4.78 is 0. The molecule has 0 aromatic carbocycles. The molecule has 5 heteroatoms. The number of carbonyl (C=O) groups is 1. The Kier molecular flexibility index (Phi) is 4.55. The second-order valence-corrected chi connectivity index (χ2v) is 4.92. The molecule has 0 bridgehead atoms. The van der Waals surface area contributed by atoms with Crippen molar-refractivity contribution in [2.75, 3.05) is 13.2 Å². The lowest BCUT2D eigenvalue weighted by Crippen LogP contribution is -2.35. The van der Waals surface area contributed by atoms with E-state index in [1.807, 2.05) is 4.90 Å². The topological polar surface area (TPSA) is 53.4 Å². The molecule has 1 aromatic heterocycles. The first-order valence-corrected chi connectivity index (χ1v) is 6.63. The maximum atomic E-state index is 12.4. The van der Waals surface area contributed by atoms with Gasteiger partial charge in [-0.25, -0.2) is 0 Å². The van der Waals surface area contributed by atoms with E-state index in [4.69, 9.17) is 16.7 Å². The number of aliphatic hydroxyl groups is 1. The number of carbonyl (C=O) groups excluding carboxylic acids is 1. The summed E-state index contributed by atoms with van der Waals surface area (Å²) in [5.41, 5.74) is 0.468. The third-order valence-electron chi connectivity index (χ3n) is 3.33. The lowest BCUT2D eigenvalue weighted by Gasteiger charge is -2.24. The van der Waals surface area contributed by atoms with Gasteiger partial charge in [0.15, 0.2) is 0 Å². The van der Waals surface area contributed by atoms with E-state index >= 15 is 0 Å². The molecule has 1 saturated heterocycles. The maximum absolute atomic E-state index is 12.4. The van der Waals surface area contributed by atoms with Crippen molar-refractivity contribution in [2.45, 2.75) is 31.7 Å². The van der Waals surface area contributed by atoms with Gasteiger partial charge >= 0.3 is 0 Å². The van der Waals surface area contributed by atoms with Crippen LogP contribution in [-0.4, -0.2) is 40.1 Å². The molecule has 1 amide bonds. The molecule has 1 fully saturated rings. The van der Waals surface area contributed by atoms with E-state index in [1.54, 1.807) is 12.3 Å². The fraction of sp³-hybridized carbons (Fsp3) is 0.538. The van der Waals surface area contributed by atoms with Crippen LogP contribution in [0.25, 0.3) is 0 Å². The molecule has 1 unspecified atom stereocenters. The van der Waals surface area contributed by atoms with Crippen LogP contribution < -0.4 is 0 Å². The van der Waals surface area contributed by atoms with E-state index < -0.39 is 0 Å². The van der Waals surface area contributed by atoms with Crippen molar-refractivity contribution in [1.29, 1.82) is 0 Å². The van der Waals surface area contributed by atoms with Crippen molar-refractivity contribution >= 4 is 17.5 Å². The standard InChI is InChI=1S/C13H17ClN2O2/c14-12-5-6-15-9-11(12)13(18)16-7-1-3-10(16)4-2-8-17/h5-6,9-10,17H,1-4,7-8H2. The van der Waals surface area contributed by atoms with Crippen molar-refractivity contribution in [3.05, 3.63) is 29.0 Å². The fourth-order valence-electron chi connectivity index (χ4n) is 2.42. The van der Waals surface area contributed by atoms with Crippen LogP contribution in [0.4, 0.5) is 0 Å². The third-order valence-corrected chi connectivity index (χ3v) is 3.66.